The molecule has 0 radical (unpaired) electrons. The van der Waals surface area contributed by atoms with Gasteiger partial charge < -0.3 is 20.9 Å². The first-order valence-electron chi connectivity index (χ1n) is 8.17. The molecule has 1 heterocycles. The fourth-order valence-electron chi connectivity index (χ4n) is 2.59. The maximum absolute atomic E-state index is 13.7. The molecule has 3 amide bonds. The van der Waals surface area contributed by atoms with Crippen LogP contribution in [0.4, 0.5) is 33.7 Å². The van der Waals surface area contributed by atoms with Gasteiger partial charge in [0.1, 0.15) is 11.5 Å². The van der Waals surface area contributed by atoms with Crippen LogP contribution < -0.4 is 16.4 Å². The van der Waals surface area contributed by atoms with Gasteiger partial charge in [-0.2, -0.15) is 13.2 Å². The summed E-state index contributed by atoms with van der Waals surface area (Å²) in [5.74, 6) is -1.62. The first-order chi connectivity index (χ1) is 13.6. The Bertz CT molecular complexity index is 1060. The van der Waals surface area contributed by atoms with Crippen molar-refractivity contribution in [3.63, 3.8) is 0 Å². The Balaban J connectivity index is 1.72. The zero-order valence-corrected chi connectivity index (χ0v) is 14.6. The third kappa shape index (κ3) is 4.54. The average molecular weight is 406 g/mol. The summed E-state index contributed by atoms with van der Waals surface area (Å²) in [6.07, 6.45) is -3.04. The van der Waals surface area contributed by atoms with Gasteiger partial charge in [-0.05, 0) is 54.6 Å². The second kappa shape index (κ2) is 7.66. The molecule has 0 spiro atoms. The van der Waals surface area contributed by atoms with E-state index in [-0.39, 0.29) is 5.69 Å². The Morgan fingerprint density at radius 2 is 1.66 bits per heavy atom. The van der Waals surface area contributed by atoms with Crippen LogP contribution in [0.5, 0.6) is 0 Å². The largest absolute Gasteiger partial charge is 0.416 e. The molecule has 4 N–H and O–H groups in total. The molecule has 0 aliphatic carbocycles. The van der Waals surface area contributed by atoms with Crippen LogP contribution in [0.25, 0.3) is 5.69 Å². The van der Waals surface area contributed by atoms with E-state index in [4.69, 9.17) is 5.73 Å². The number of nitrogens with one attached hydrogen (secondary N) is 2. The van der Waals surface area contributed by atoms with E-state index >= 15 is 0 Å². The van der Waals surface area contributed by atoms with Crippen molar-refractivity contribution >= 4 is 23.3 Å². The lowest BCUT2D eigenvalue weighted by molar-refractivity contribution is -0.137. The first kappa shape index (κ1) is 19.9. The van der Waals surface area contributed by atoms with E-state index in [2.05, 4.69) is 5.32 Å². The molecule has 0 fully saturated rings. The van der Waals surface area contributed by atoms with Gasteiger partial charge in [0.2, 0.25) is 0 Å². The van der Waals surface area contributed by atoms with Crippen molar-refractivity contribution in [3.8, 4) is 5.69 Å². The van der Waals surface area contributed by atoms with Crippen molar-refractivity contribution in [3.05, 3.63) is 77.9 Å². The topological polar surface area (TPSA) is 89.2 Å². The normalized spacial score (nSPS) is 11.2. The molecule has 2 aromatic carbocycles. The van der Waals surface area contributed by atoms with Crippen molar-refractivity contribution in [2.75, 3.05) is 10.6 Å². The molecule has 0 saturated heterocycles. The highest BCUT2D eigenvalue weighted by atomic mass is 19.4. The predicted molar refractivity (Wildman–Crippen MR) is 98.3 cm³/mol. The van der Waals surface area contributed by atoms with Crippen molar-refractivity contribution in [2.45, 2.75) is 6.18 Å². The number of urea groups is 1. The number of anilines is 2. The second-order valence-corrected chi connectivity index (χ2v) is 5.95. The van der Waals surface area contributed by atoms with Crippen LogP contribution in [0, 0.1) is 5.82 Å². The Morgan fingerprint density at radius 1 is 0.966 bits per heavy atom. The van der Waals surface area contributed by atoms with Crippen molar-refractivity contribution in [1.82, 2.24) is 4.57 Å². The van der Waals surface area contributed by atoms with Gasteiger partial charge in [0.05, 0.1) is 11.3 Å². The summed E-state index contributed by atoms with van der Waals surface area (Å²) in [7, 11) is 0. The smallest absolute Gasteiger partial charge is 0.364 e. The van der Waals surface area contributed by atoms with Gasteiger partial charge in [0, 0.05) is 17.6 Å². The van der Waals surface area contributed by atoms with Gasteiger partial charge in [-0.1, -0.05) is 0 Å². The van der Waals surface area contributed by atoms with Crippen LogP contribution in [0.3, 0.4) is 0 Å². The molecule has 29 heavy (non-hydrogen) atoms. The van der Waals surface area contributed by atoms with E-state index in [1.807, 2.05) is 5.32 Å². The van der Waals surface area contributed by atoms with Crippen LogP contribution in [-0.4, -0.2) is 16.5 Å². The van der Waals surface area contributed by atoms with E-state index in [0.717, 1.165) is 0 Å². The van der Waals surface area contributed by atoms with Gasteiger partial charge in [-0.15, -0.1) is 0 Å². The van der Waals surface area contributed by atoms with Crippen LogP contribution in [-0.2, 0) is 6.18 Å². The van der Waals surface area contributed by atoms with Crippen LogP contribution in [0.1, 0.15) is 16.1 Å². The second-order valence-electron chi connectivity index (χ2n) is 5.95. The number of carbonyl (C=O) groups excluding carboxylic acids is 2. The molecule has 0 aliphatic heterocycles. The van der Waals surface area contributed by atoms with E-state index < -0.39 is 35.2 Å². The minimum atomic E-state index is -4.67. The molecular weight excluding hydrogens is 392 g/mol. The molecule has 3 aromatic rings. The lowest BCUT2D eigenvalue weighted by atomic mass is 10.2. The SMILES string of the molecule is NC(=O)c1cccn1-c1ccc(NC(=O)Nc2cc(C(F)(F)F)ccc2F)cc1. The zero-order valence-electron chi connectivity index (χ0n) is 14.6. The number of rotatable bonds is 4. The average Bonchev–Trinajstić information content (AvgIpc) is 3.13. The Hall–Kier alpha value is -3.82. The number of nitrogens with zero attached hydrogens (tertiary/aromatic N) is 1. The number of halogens is 4. The highest BCUT2D eigenvalue weighted by Gasteiger charge is 2.31. The van der Waals surface area contributed by atoms with Crippen LogP contribution in [0.15, 0.2) is 60.8 Å². The number of amides is 3. The molecule has 0 bridgehead atoms. The Labute approximate surface area is 161 Å². The third-order valence-electron chi connectivity index (χ3n) is 3.95. The van der Waals surface area contributed by atoms with Gasteiger partial charge in [0.25, 0.3) is 5.91 Å². The molecule has 10 heteroatoms. The van der Waals surface area contributed by atoms with Gasteiger partial charge >= 0.3 is 12.2 Å². The van der Waals surface area contributed by atoms with Gasteiger partial charge in [-0.25, -0.2) is 9.18 Å². The lowest BCUT2D eigenvalue weighted by Gasteiger charge is -2.12. The molecular formula is C19H14F4N4O2. The minimum absolute atomic E-state index is 0.267. The van der Waals surface area contributed by atoms with Crippen molar-refractivity contribution in [1.29, 1.82) is 0 Å². The van der Waals surface area contributed by atoms with E-state index in [9.17, 15) is 27.2 Å². The molecule has 1 aromatic heterocycles. The molecule has 0 aliphatic rings. The monoisotopic (exact) mass is 406 g/mol. The number of hydrogen-bond donors (Lipinski definition) is 3. The first-order valence-corrected chi connectivity index (χ1v) is 8.17. The predicted octanol–water partition coefficient (Wildman–Crippen LogP) is 4.38. The Morgan fingerprint density at radius 3 is 2.28 bits per heavy atom. The molecule has 150 valence electrons. The number of benzene rings is 2. The maximum atomic E-state index is 13.7. The maximum Gasteiger partial charge on any atom is 0.416 e. The minimum Gasteiger partial charge on any atom is -0.364 e. The summed E-state index contributed by atoms with van der Waals surface area (Å²) in [6.45, 7) is 0. The summed E-state index contributed by atoms with van der Waals surface area (Å²) in [5.41, 5.74) is 4.76. The molecule has 0 saturated carbocycles. The van der Waals surface area contributed by atoms with Crippen LogP contribution in [0.2, 0.25) is 0 Å². The van der Waals surface area contributed by atoms with E-state index in [0.29, 0.717) is 29.6 Å². The summed E-state index contributed by atoms with van der Waals surface area (Å²) in [5, 5.41) is 4.43. The number of primary amides is 1. The van der Waals surface area contributed by atoms with Crippen molar-refractivity contribution in [2.24, 2.45) is 5.73 Å². The molecule has 0 unspecified atom stereocenters. The number of carbonyl (C=O) groups is 2. The highest BCUT2D eigenvalue weighted by molar-refractivity contribution is 6.00. The summed E-state index contributed by atoms with van der Waals surface area (Å²) < 4.78 is 53.5. The van der Waals surface area contributed by atoms with Crippen LogP contribution >= 0.6 is 0 Å². The zero-order chi connectivity index (χ0) is 21.2. The molecule has 0 atom stereocenters. The lowest BCUT2D eigenvalue weighted by Crippen LogP contribution is -2.20. The highest BCUT2D eigenvalue weighted by Crippen LogP contribution is 2.31. The fraction of sp³-hybridized carbons (Fsp3) is 0.0526. The van der Waals surface area contributed by atoms with Gasteiger partial charge in [-0.3, -0.25) is 4.79 Å². The Kier molecular flexibility index (Phi) is 5.26. The fourth-order valence-corrected chi connectivity index (χ4v) is 2.59. The summed E-state index contributed by atoms with van der Waals surface area (Å²) >= 11 is 0. The van der Waals surface area contributed by atoms with E-state index in [1.54, 1.807) is 35.0 Å². The number of aromatic nitrogens is 1. The molecule has 6 nitrogen and oxygen atoms in total. The van der Waals surface area contributed by atoms with Gasteiger partial charge in [0.15, 0.2) is 0 Å². The van der Waals surface area contributed by atoms with E-state index in [1.165, 1.54) is 12.1 Å². The third-order valence-corrected chi connectivity index (χ3v) is 3.95. The summed E-state index contributed by atoms with van der Waals surface area (Å²) in [4.78, 5) is 23.4. The number of nitrogens with two attached hydrogens (primary N) is 1. The number of alkyl halides is 3. The standard InChI is InChI=1S/C19H14F4N4O2/c20-14-8-3-11(19(21,22)23)10-15(14)26-18(29)25-12-4-6-13(7-5-12)27-9-1-2-16(27)17(24)28/h1-10H,(H2,24,28)(H2,25,26,29). The quantitative estimate of drug-likeness (QED) is 0.562. The number of hydrogen-bond acceptors (Lipinski definition) is 2. The molecule has 3 rings (SSSR count). The van der Waals surface area contributed by atoms with Crippen molar-refractivity contribution < 1.29 is 27.2 Å². The summed E-state index contributed by atoms with van der Waals surface area (Å²) in [6, 6.07) is 10.2.